The molecule has 3 heteroatoms. The maximum Gasteiger partial charge on any atom is 0.167 e. The summed E-state index contributed by atoms with van der Waals surface area (Å²) in [6.45, 7) is 3.49. The quantitative estimate of drug-likeness (QED) is 0.552. The van der Waals surface area contributed by atoms with Gasteiger partial charge in [-0.05, 0) is 12.1 Å². The van der Waals surface area contributed by atoms with Gasteiger partial charge in [-0.3, -0.25) is 5.41 Å². The summed E-state index contributed by atoms with van der Waals surface area (Å²) in [6.07, 6.45) is 2.92. The van der Waals surface area contributed by atoms with Crippen LogP contribution in [-0.4, -0.2) is 9.94 Å². The fourth-order valence-electron chi connectivity index (χ4n) is 0.679. The number of nitrogens with zero attached hydrogens (tertiary/aromatic N) is 1. The maximum absolute atomic E-state index is 8.91. The Morgan fingerprint density at radius 1 is 1.70 bits per heavy atom. The zero-order valence-corrected chi connectivity index (χ0v) is 5.41. The minimum atomic E-state index is 0.0532. The molecule has 1 rings (SSSR count). The van der Waals surface area contributed by atoms with E-state index in [0.717, 1.165) is 4.73 Å². The van der Waals surface area contributed by atoms with E-state index >= 15 is 0 Å². The van der Waals surface area contributed by atoms with Crippen LogP contribution in [0.1, 0.15) is 5.56 Å². The normalized spacial score (nSPS) is 9.20. The first kappa shape index (κ1) is 6.61. The lowest BCUT2D eigenvalue weighted by atomic mass is 10.3. The van der Waals surface area contributed by atoms with E-state index in [2.05, 4.69) is 6.58 Å². The van der Waals surface area contributed by atoms with Crippen LogP contribution in [0.4, 0.5) is 0 Å². The van der Waals surface area contributed by atoms with E-state index < -0.39 is 0 Å². The van der Waals surface area contributed by atoms with Gasteiger partial charge in [-0.2, -0.15) is 4.73 Å². The van der Waals surface area contributed by atoms with Crippen molar-refractivity contribution < 1.29 is 5.21 Å². The third-order valence-corrected chi connectivity index (χ3v) is 1.23. The molecular weight excluding hydrogens is 128 g/mol. The van der Waals surface area contributed by atoms with Gasteiger partial charge < -0.3 is 5.21 Å². The second-order valence-electron chi connectivity index (χ2n) is 1.86. The van der Waals surface area contributed by atoms with E-state index in [1.54, 1.807) is 12.1 Å². The highest BCUT2D eigenvalue weighted by atomic mass is 16.5. The van der Waals surface area contributed by atoms with Crippen molar-refractivity contribution in [1.82, 2.24) is 4.73 Å². The van der Waals surface area contributed by atoms with Crippen LogP contribution >= 0.6 is 0 Å². The smallest absolute Gasteiger partial charge is 0.167 e. The number of hydrogen-bond donors (Lipinski definition) is 2. The predicted molar refractivity (Wildman–Crippen MR) is 37.6 cm³/mol. The fourth-order valence-corrected chi connectivity index (χ4v) is 0.679. The summed E-state index contributed by atoms with van der Waals surface area (Å²) >= 11 is 0. The molecule has 0 spiro atoms. The van der Waals surface area contributed by atoms with Crippen LogP contribution in [0.2, 0.25) is 0 Å². The molecule has 0 amide bonds. The van der Waals surface area contributed by atoms with Crippen molar-refractivity contribution >= 4 is 6.08 Å². The Morgan fingerprint density at radius 2 is 2.40 bits per heavy atom. The molecular formula is C7H8N2O. The summed E-state index contributed by atoms with van der Waals surface area (Å²) in [4.78, 5) is 0. The summed E-state index contributed by atoms with van der Waals surface area (Å²) in [5.74, 6) is 0. The van der Waals surface area contributed by atoms with Gasteiger partial charge in [-0.25, -0.2) is 0 Å². The molecule has 1 heterocycles. The van der Waals surface area contributed by atoms with Crippen LogP contribution in [0.5, 0.6) is 0 Å². The van der Waals surface area contributed by atoms with Gasteiger partial charge in [0.15, 0.2) is 5.49 Å². The molecule has 0 bridgehead atoms. The van der Waals surface area contributed by atoms with E-state index in [1.807, 2.05) is 0 Å². The number of rotatable bonds is 1. The first-order valence-corrected chi connectivity index (χ1v) is 2.83. The molecule has 1 aromatic rings. The first-order valence-electron chi connectivity index (χ1n) is 2.83. The van der Waals surface area contributed by atoms with Gasteiger partial charge in [0.05, 0.1) is 0 Å². The second-order valence-corrected chi connectivity index (χ2v) is 1.86. The summed E-state index contributed by atoms with van der Waals surface area (Å²) in [5.41, 5.74) is 0.669. The van der Waals surface area contributed by atoms with Crippen molar-refractivity contribution in [3.8, 4) is 0 Å². The third-order valence-electron chi connectivity index (χ3n) is 1.23. The number of hydrogen-bond acceptors (Lipinski definition) is 2. The summed E-state index contributed by atoms with van der Waals surface area (Å²) in [7, 11) is 0. The Morgan fingerprint density at radius 3 is 2.90 bits per heavy atom. The molecule has 0 fully saturated rings. The van der Waals surface area contributed by atoms with Crippen molar-refractivity contribution in [1.29, 1.82) is 5.41 Å². The highest BCUT2D eigenvalue weighted by Gasteiger charge is 1.90. The van der Waals surface area contributed by atoms with Crippen molar-refractivity contribution in [2.75, 3.05) is 0 Å². The van der Waals surface area contributed by atoms with Crippen LogP contribution in [0, 0.1) is 5.41 Å². The third kappa shape index (κ3) is 0.932. The molecule has 0 aliphatic rings. The average molecular weight is 136 g/mol. The molecule has 0 aromatic carbocycles. The van der Waals surface area contributed by atoms with Crippen LogP contribution in [0.3, 0.4) is 0 Å². The van der Waals surface area contributed by atoms with Crippen LogP contribution in [0.25, 0.3) is 6.08 Å². The minimum absolute atomic E-state index is 0.0532. The summed E-state index contributed by atoms with van der Waals surface area (Å²) in [6, 6.07) is 3.36. The number of aromatic nitrogens is 1. The number of nitrogens with one attached hydrogen (secondary N) is 1. The lowest BCUT2D eigenvalue weighted by Gasteiger charge is -1.97. The van der Waals surface area contributed by atoms with Gasteiger partial charge in [0, 0.05) is 11.8 Å². The molecule has 0 atom stereocenters. The lowest BCUT2D eigenvalue weighted by Crippen LogP contribution is -2.18. The van der Waals surface area contributed by atoms with Crippen LogP contribution < -0.4 is 5.49 Å². The summed E-state index contributed by atoms with van der Waals surface area (Å²) < 4.78 is 0.747. The first-order chi connectivity index (χ1) is 4.75. The Balaban J connectivity index is 3.42. The van der Waals surface area contributed by atoms with E-state index in [0.29, 0.717) is 5.56 Å². The van der Waals surface area contributed by atoms with Gasteiger partial charge >= 0.3 is 0 Å². The molecule has 3 nitrogen and oxygen atoms in total. The molecule has 10 heavy (non-hydrogen) atoms. The van der Waals surface area contributed by atoms with Crippen molar-refractivity contribution in [3.05, 3.63) is 36.0 Å². The Hall–Kier alpha value is -1.51. The van der Waals surface area contributed by atoms with E-state index in [1.165, 1.54) is 12.3 Å². The van der Waals surface area contributed by atoms with Gasteiger partial charge in [-0.15, -0.1) is 0 Å². The van der Waals surface area contributed by atoms with Gasteiger partial charge in [0.25, 0.3) is 0 Å². The van der Waals surface area contributed by atoms with E-state index in [9.17, 15) is 0 Å². The molecule has 0 unspecified atom stereocenters. The second kappa shape index (κ2) is 2.39. The van der Waals surface area contributed by atoms with Gasteiger partial charge in [0.2, 0.25) is 0 Å². The number of pyridine rings is 1. The standard InChI is InChI=1S/C7H8N2O/c1-2-6-4-3-5-9(10)7(6)8/h2-5,8,10H,1H2. The molecule has 0 radical (unpaired) electrons. The molecule has 2 N–H and O–H groups in total. The topological polar surface area (TPSA) is 49.0 Å². The molecule has 0 aliphatic heterocycles. The molecule has 0 saturated carbocycles. The largest absolute Gasteiger partial charge is 0.427 e. The predicted octanol–water partition coefficient (Wildman–Crippen LogP) is 0.848. The van der Waals surface area contributed by atoms with Crippen LogP contribution in [0.15, 0.2) is 24.9 Å². The lowest BCUT2D eigenvalue weighted by molar-refractivity contribution is 0.170. The van der Waals surface area contributed by atoms with Gasteiger partial charge in [-0.1, -0.05) is 12.7 Å². The minimum Gasteiger partial charge on any atom is -0.427 e. The Bertz CT molecular complexity index is 301. The zero-order chi connectivity index (χ0) is 7.56. The van der Waals surface area contributed by atoms with E-state index in [-0.39, 0.29) is 5.49 Å². The Kier molecular flexibility index (Phi) is 1.58. The Labute approximate surface area is 58.3 Å². The molecule has 52 valence electrons. The molecule has 0 saturated heterocycles. The average Bonchev–Trinajstić information content (AvgIpc) is 1.95. The molecule has 0 aliphatic carbocycles. The molecule has 1 aromatic heterocycles. The van der Waals surface area contributed by atoms with Crippen molar-refractivity contribution in [2.24, 2.45) is 0 Å². The SMILES string of the molecule is C=Cc1cccn(O)c1=N. The maximum atomic E-state index is 8.91. The van der Waals surface area contributed by atoms with Crippen molar-refractivity contribution in [3.63, 3.8) is 0 Å². The fraction of sp³-hybridized carbons (Fsp3) is 0. The van der Waals surface area contributed by atoms with E-state index in [4.69, 9.17) is 10.6 Å². The monoisotopic (exact) mass is 136 g/mol. The van der Waals surface area contributed by atoms with Crippen LogP contribution in [-0.2, 0) is 0 Å². The summed E-state index contributed by atoms with van der Waals surface area (Å²) in [5, 5.41) is 16.1. The zero-order valence-electron chi connectivity index (χ0n) is 5.41. The van der Waals surface area contributed by atoms with Gasteiger partial charge in [0.1, 0.15) is 0 Å². The van der Waals surface area contributed by atoms with Crippen molar-refractivity contribution in [2.45, 2.75) is 0 Å². The highest BCUT2D eigenvalue weighted by molar-refractivity contribution is 5.43. The highest BCUT2D eigenvalue weighted by Crippen LogP contribution is 1.90.